The van der Waals surface area contributed by atoms with Crippen LogP contribution in [0.4, 0.5) is 0 Å². The Kier molecular flexibility index (Phi) is 4.07. The Morgan fingerprint density at radius 2 is 2.00 bits per heavy atom. The molecule has 0 radical (unpaired) electrons. The summed E-state index contributed by atoms with van der Waals surface area (Å²) in [6, 6.07) is 6.03. The van der Waals surface area contributed by atoms with Crippen molar-refractivity contribution in [3.05, 3.63) is 28.8 Å². The van der Waals surface area contributed by atoms with Crippen LogP contribution in [0.5, 0.6) is 0 Å². The van der Waals surface area contributed by atoms with Crippen LogP contribution in [-0.2, 0) is 10.0 Å². The highest BCUT2D eigenvalue weighted by atomic mass is 35.5. The first-order valence-corrected chi connectivity index (χ1v) is 8.00. The first-order chi connectivity index (χ1) is 9.26. The van der Waals surface area contributed by atoms with E-state index in [2.05, 4.69) is 0 Å². The Balaban J connectivity index is 2.30. The molecule has 0 spiro atoms. The first-order valence-electron chi connectivity index (χ1n) is 6.18. The third kappa shape index (κ3) is 2.96. The lowest BCUT2D eigenvalue weighted by Gasteiger charge is -2.35. The summed E-state index contributed by atoms with van der Waals surface area (Å²) in [5.41, 5.74) is -0.504. The van der Waals surface area contributed by atoms with Crippen LogP contribution in [0.1, 0.15) is 25.3 Å². The number of hydrogen-bond acceptors (Lipinski definition) is 4. The summed E-state index contributed by atoms with van der Waals surface area (Å²) in [7, 11) is -3.69. The highest BCUT2D eigenvalue weighted by Gasteiger charge is 2.34. The molecular formula is C13H15ClN2O3S. The third-order valence-electron chi connectivity index (χ3n) is 3.48. The van der Waals surface area contributed by atoms with E-state index in [4.69, 9.17) is 16.9 Å². The number of hydrogen-bond donors (Lipinski definition) is 1. The monoisotopic (exact) mass is 314 g/mol. The summed E-state index contributed by atoms with van der Waals surface area (Å²) >= 11 is 5.96. The van der Waals surface area contributed by atoms with Crippen molar-refractivity contribution < 1.29 is 13.5 Å². The second kappa shape index (κ2) is 5.34. The topological polar surface area (TPSA) is 81.4 Å². The summed E-state index contributed by atoms with van der Waals surface area (Å²) < 4.78 is 26.3. The molecule has 1 aliphatic rings. The third-order valence-corrected chi connectivity index (χ3v) is 5.86. The molecule has 0 amide bonds. The summed E-state index contributed by atoms with van der Waals surface area (Å²) in [4.78, 5) is -0.000269. The first kappa shape index (κ1) is 15.3. The number of nitriles is 1. The van der Waals surface area contributed by atoms with Crippen LogP contribution in [0.15, 0.2) is 23.1 Å². The minimum Gasteiger partial charge on any atom is -0.390 e. The standard InChI is InChI=1S/C13H15ClN2O3S/c1-13(17)4-6-16(7-5-13)20(18,19)12-3-2-10(9-15)8-11(12)14/h2-3,8,17H,4-7H2,1H3. The Hall–Kier alpha value is -1.13. The second-order valence-electron chi connectivity index (χ2n) is 5.16. The molecule has 7 heteroatoms. The number of sulfonamides is 1. The molecule has 20 heavy (non-hydrogen) atoms. The highest BCUT2D eigenvalue weighted by molar-refractivity contribution is 7.89. The van der Waals surface area contributed by atoms with Gasteiger partial charge in [0.2, 0.25) is 10.0 Å². The fourth-order valence-corrected chi connectivity index (χ4v) is 4.09. The number of aliphatic hydroxyl groups is 1. The lowest BCUT2D eigenvalue weighted by Crippen LogP contribution is -2.45. The van der Waals surface area contributed by atoms with E-state index in [1.165, 1.54) is 22.5 Å². The summed E-state index contributed by atoms with van der Waals surface area (Å²) in [6.45, 7) is 2.21. The molecule has 0 unspecified atom stereocenters. The highest BCUT2D eigenvalue weighted by Crippen LogP contribution is 2.30. The minimum atomic E-state index is -3.69. The maximum atomic E-state index is 12.5. The van der Waals surface area contributed by atoms with E-state index >= 15 is 0 Å². The molecule has 0 aromatic heterocycles. The Labute approximate surface area is 123 Å². The van der Waals surface area contributed by atoms with E-state index in [-0.39, 0.29) is 23.0 Å². The van der Waals surface area contributed by atoms with Gasteiger partial charge < -0.3 is 5.11 Å². The van der Waals surface area contributed by atoms with Crippen LogP contribution in [-0.4, -0.2) is 36.5 Å². The Bertz CT molecular complexity index is 655. The SMILES string of the molecule is CC1(O)CCN(S(=O)(=O)c2ccc(C#N)cc2Cl)CC1. The molecule has 108 valence electrons. The van der Waals surface area contributed by atoms with Crippen molar-refractivity contribution in [2.45, 2.75) is 30.3 Å². The predicted molar refractivity (Wildman–Crippen MR) is 74.8 cm³/mol. The molecule has 2 rings (SSSR count). The van der Waals surface area contributed by atoms with Crippen LogP contribution < -0.4 is 0 Å². The van der Waals surface area contributed by atoms with Crippen molar-refractivity contribution in [3.63, 3.8) is 0 Å². The zero-order valence-electron chi connectivity index (χ0n) is 11.0. The maximum absolute atomic E-state index is 12.5. The lowest BCUT2D eigenvalue weighted by molar-refractivity contribution is 0.0126. The number of rotatable bonds is 2. The van der Waals surface area contributed by atoms with Crippen molar-refractivity contribution in [2.24, 2.45) is 0 Å². The van der Waals surface area contributed by atoms with Gasteiger partial charge in [-0.05, 0) is 38.0 Å². The molecule has 1 N–H and O–H groups in total. The van der Waals surface area contributed by atoms with E-state index in [9.17, 15) is 13.5 Å². The molecule has 1 saturated heterocycles. The number of benzene rings is 1. The molecule has 0 atom stereocenters. The molecule has 1 aromatic carbocycles. The number of piperidine rings is 1. The predicted octanol–water partition coefficient (Wildman–Crippen LogP) is 1.75. The molecular weight excluding hydrogens is 300 g/mol. The molecule has 0 saturated carbocycles. The quantitative estimate of drug-likeness (QED) is 0.901. The molecule has 1 aliphatic heterocycles. The van der Waals surface area contributed by atoms with Gasteiger partial charge in [0.15, 0.2) is 0 Å². The number of halogens is 1. The summed E-state index contributed by atoms with van der Waals surface area (Å²) in [5.74, 6) is 0. The van der Waals surface area contributed by atoms with Gasteiger partial charge in [0.05, 0.1) is 22.3 Å². The zero-order valence-corrected chi connectivity index (χ0v) is 12.6. The van der Waals surface area contributed by atoms with Gasteiger partial charge in [-0.2, -0.15) is 9.57 Å². The average molecular weight is 315 g/mol. The van der Waals surface area contributed by atoms with Crippen molar-refractivity contribution in [1.29, 1.82) is 5.26 Å². The smallest absolute Gasteiger partial charge is 0.244 e. The fourth-order valence-electron chi connectivity index (χ4n) is 2.13. The minimum absolute atomic E-state index is 0.000269. The van der Waals surface area contributed by atoms with Crippen LogP contribution in [0, 0.1) is 11.3 Å². The Morgan fingerprint density at radius 1 is 1.40 bits per heavy atom. The van der Waals surface area contributed by atoms with Crippen molar-refractivity contribution in [2.75, 3.05) is 13.1 Å². The van der Waals surface area contributed by atoms with Crippen LogP contribution in [0.3, 0.4) is 0 Å². The van der Waals surface area contributed by atoms with E-state index in [0.29, 0.717) is 18.4 Å². The van der Waals surface area contributed by atoms with Crippen LogP contribution >= 0.6 is 11.6 Å². The van der Waals surface area contributed by atoms with Gasteiger partial charge in [-0.25, -0.2) is 8.42 Å². The van der Waals surface area contributed by atoms with Crippen molar-refractivity contribution in [3.8, 4) is 6.07 Å². The van der Waals surface area contributed by atoms with Gasteiger partial charge in [-0.3, -0.25) is 0 Å². The van der Waals surface area contributed by atoms with Crippen molar-refractivity contribution in [1.82, 2.24) is 4.31 Å². The van der Waals surface area contributed by atoms with Gasteiger partial charge in [0, 0.05) is 13.1 Å². The zero-order chi connectivity index (χ0) is 15.0. The molecule has 0 bridgehead atoms. The molecule has 5 nitrogen and oxygen atoms in total. The van der Waals surface area contributed by atoms with Crippen LogP contribution in [0.2, 0.25) is 5.02 Å². The average Bonchev–Trinajstić information content (AvgIpc) is 2.37. The second-order valence-corrected chi connectivity index (χ2v) is 7.47. The largest absolute Gasteiger partial charge is 0.390 e. The molecule has 1 heterocycles. The maximum Gasteiger partial charge on any atom is 0.244 e. The van der Waals surface area contributed by atoms with E-state index < -0.39 is 15.6 Å². The van der Waals surface area contributed by atoms with Gasteiger partial charge in [0.25, 0.3) is 0 Å². The molecule has 0 aliphatic carbocycles. The van der Waals surface area contributed by atoms with E-state index in [1.54, 1.807) is 6.92 Å². The fraction of sp³-hybridized carbons (Fsp3) is 0.462. The molecule has 1 aromatic rings. The molecule has 1 fully saturated rings. The van der Waals surface area contributed by atoms with Gasteiger partial charge >= 0.3 is 0 Å². The number of nitrogens with zero attached hydrogens (tertiary/aromatic N) is 2. The normalized spacial score (nSPS) is 19.5. The lowest BCUT2D eigenvalue weighted by atomic mass is 9.95. The van der Waals surface area contributed by atoms with Gasteiger partial charge in [-0.15, -0.1) is 0 Å². The summed E-state index contributed by atoms with van der Waals surface area (Å²) in [5, 5.41) is 18.7. The van der Waals surface area contributed by atoms with Gasteiger partial charge in [0.1, 0.15) is 4.90 Å². The van der Waals surface area contributed by atoms with E-state index in [1.807, 2.05) is 6.07 Å². The Morgan fingerprint density at radius 3 is 2.50 bits per heavy atom. The van der Waals surface area contributed by atoms with Crippen molar-refractivity contribution >= 4 is 21.6 Å². The van der Waals surface area contributed by atoms with E-state index in [0.717, 1.165) is 0 Å². The van der Waals surface area contributed by atoms with Gasteiger partial charge in [-0.1, -0.05) is 11.6 Å². The summed E-state index contributed by atoms with van der Waals surface area (Å²) in [6.07, 6.45) is 0.778. The van der Waals surface area contributed by atoms with Crippen LogP contribution in [0.25, 0.3) is 0 Å².